The number of benzene rings is 3. The van der Waals surface area contributed by atoms with E-state index in [-0.39, 0.29) is 5.97 Å². The molecule has 0 radical (unpaired) electrons. The molecule has 0 unspecified atom stereocenters. The molecule has 0 fully saturated rings. The molecule has 1 aliphatic heterocycles. The van der Waals surface area contributed by atoms with E-state index in [1.165, 1.54) is 10.9 Å². The van der Waals surface area contributed by atoms with Gasteiger partial charge in [-0.25, -0.2) is 4.79 Å². The highest BCUT2D eigenvalue weighted by molar-refractivity contribution is 6.05. The van der Waals surface area contributed by atoms with E-state index < -0.39 is 0 Å². The highest BCUT2D eigenvalue weighted by atomic mass is 16.5. The minimum atomic E-state index is -0.307. The molecular formula is C22H16O2. The van der Waals surface area contributed by atoms with Crippen molar-refractivity contribution in [1.29, 1.82) is 0 Å². The van der Waals surface area contributed by atoms with Gasteiger partial charge in [-0.1, -0.05) is 66.2 Å². The number of aryl methyl sites for hydroxylation is 1. The number of fused-ring (bicyclic) bond motifs is 1. The van der Waals surface area contributed by atoms with Crippen LogP contribution in [0.1, 0.15) is 16.7 Å². The molecule has 0 spiro atoms. The van der Waals surface area contributed by atoms with Crippen LogP contribution in [-0.2, 0) is 9.53 Å². The fourth-order valence-corrected chi connectivity index (χ4v) is 2.82. The quantitative estimate of drug-likeness (QED) is 0.484. The molecule has 1 aliphatic rings. The zero-order chi connectivity index (χ0) is 16.5. The Morgan fingerprint density at radius 2 is 1.62 bits per heavy atom. The number of carbonyl (C=O) groups is 1. The van der Waals surface area contributed by atoms with Crippen molar-refractivity contribution >= 4 is 28.6 Å². The highest BCUT2D eigenvalue weighted by Gasteiger charge is 2.22. The Kier molecular flexibility index (Phi) is 3.51. The highest BCUT2D eigenvalue weighted by Crippen LogP contribution is 2.29. The molecule has 116 valence electrons. The molecule has 0 aromatic heterocycles. The van der Waals surface area contributed by atoms with E-state index in [0.29, 0.717) is 11.3 Å². The number of esters is 1. The second kappa shape index (κ2) is 5.82. The monoisotopic (exact) mass is 312 g/mol. The van der Waals surface area contributed by atoms with Crippen LogP contribution in [0.15, 0.2) is 78.4 Å². The molecule has 3 aromatic carbocycles. The molecule has 2 heteroatoms. The molecule has 24 heavy (non-hydrogen) atoms. The van der Waals surface area contributed by atoms with Gasteiger partial charge in [-0.2, -0.15) is 0 Å². The SMILES string of the molecule is Cc1ccc(/C=C2/C=C(c3ccc4ccccc4c3)OC2=O)cc1. The Labute approximate surface area is 140 Å². The fourth-order valence-electron chi connectivity index (χ4n) is 2.82. The molecule has 0 bridgehead atoms. The van der Waals surface area contributed by atoms with Gasteiger partial charge in [0.25, 0.3) is 0 Å². The predicted octanol–water partition coefficient (Wildman–Crippen LogP) is 5.13. The second-order valence-electron chi connectivity index (χ2n) is 5.97. The van der Waals surface area contributed by atoms with E-state index in [2.05, 4.69) is 12.1 Å². The van der Waals surface area contributed by atoms with Gasteiger partial charge in [0.2, 0.25) is 0 Å². The van der Waals surface area contributed by atoms with Crippen LogP contribution in [-0.4, -0.2) is 5.97 Å². The lowest BCUT2D eigenvalue weighted by Gasteiger charge is -2.04. The Balaban J connectivity index is 1.70. The number of cyclic esters (lactones) is 1. The molecule has 0 N–H and O–H groups in total. The predicted molar refractivity (Wildman–Crippen MR) is 97.2 cm³/mol. The van der Waals surface area contributed by atoms with Crippen molar-refractivity contribution in [1.82, 2.24) is 0 Å². The summed E-state index contributed by atoms with van der Waals surface area (Å²) in [5, 5.41) is 2.30. The van der Waals surface area contributed by atoms with Gasteiger partial charge in [0.05, 0.1) is 5.57 Å². The number of hydrogen-bond donors (Lipinski definition) is 0. The Hall–Kier alpha value is -3.13. The van der Waals surface area contributed by atoms with E-state index >= 15 is 0 Å². The van der Waals surface area contributed by atoms with Gasteiger partial charge >= 0.3 is 5.97 Å². The van der Waals surface area contributed by atoms with Crippen molar-refractivity contribution in [2.45, 2.75) is 6.92 Å². The fraction of sp³-hybridized carbons (Fsp3) is 0.0455. The molecule has 0 aliphatic carbocycles. The maximum absolute atomic E-state index is 12.2. The van der Waals surface area contributed by atoms with Gasteiger partial charge in [-0.15, -0.1) is 0 Å². The molecular weight excluding hydrogens is 296 g/mol. The van der Waals surface area contributed by atoms with Gasteiger partial charge in [0, 0.05) is 5.56 Å². The topological polar surface area (TPSA) is 26.3 Å². The van der Waals surface area contributed by atoms with Gasteiger partial charge in [0.15, 0.2) is 0 Å². The minimum Gasteiger partial charge on any atom is -0.422 e. The third-order valence-electron chi connectivity index (χ3n) is 4.16. The van der Waals surface area contributed by atoms with Gasteiger partial charge in [-0.3, -0.25) is 0 Å². The summed E-state index contributed by atoms with van der Waals surface area (Å²) in [7, 11) is 0. The van der Waals surface area contributed by atoms with Crippen molar-refractivity contribution in [3.8, 4) is 0 Å². The Morgan fingerprint density at radius 3 is 2.42 bits per heavy atom. The van der Waals surface area contributed by atoms with Crippen LogP contribution < -0.4 is 0 Å². The normalized spacial score (nSPS) is 15.6. The van der Waals surface area contributed by atoms with Crippen LogP contribution in [0.5, 0.6) is 0 Å². The zero-order valence-corrected chi connectivity index (χ0v) is 13.3. The summed E-state index contributed by atoms with van der Waals surface area (Å²) >= 11 is 0. The van der Waals surface area contributed by atoms with Crippen LogP contribution in [0.3, 0.4) is 0 Å². The summed E-state index contributed by atoms with van der Waals surface area (Å²) in [5.41, 5.74) is 3.67. The lowest BCUT2D eigenvalue weighted by Crippen LogP contribution is -1.97. The van der Waals surface area contributed by atoms with E-state index in [0.717, 1.165) is 16.5 Å². The first-order chi connectivity index (χ1) is 11.7. The van der Waals surface area contributed by atoms with E-state index in [4.69, 9.17) is 4.74 Å². The smallest absolute Gasteiger partial charge is 0.343 e. The van der Waals surface area contributed by atoms with Crippen molar-refractivity contribution in [2.24, 2.45) is 0 Å². The standard InChI is InChI=1S/C22H16O2/c1-15-6-8-16(9-7-15)12-20-14-21(24-22(20)23)19-11-10-17-4-2-3-5-18(17)13-19/h2-14H,1H3/b20-12-. The van der Waals surface area contributed by atoms with Gasteiger partial charge in [-0.05, 0) is 41.5 Å². The molecule has 4 rings (SSSR count). The van der Waals surface area contributed by atoms with Crippen molar-refractivity contribution < 1.29 is 9.53 Å². The molecule has 0 amide bonds. The summed E-state index contributed by atoms with van der Waals surface area (Å²) in [6.07, 6.45) is 3.67. The third-order valence-corrected chi connectivity index (χ3v) is 4.16. The lowest BCUT2D eigenvalue weighted by atomic mass is 10.0. The molecule has 0 atom stereocenters. The largest absolute Gasteiger partial charge is 0.422 e. The zero-order valence-electron chi connectivity index (χ0n) is 13.3. The first-order valence-corrected chi connectivity index (χ1v) is 7.90. The summed E-state index contributed by atoms with van der Waals surface area (Å²) < 4.78 is 5.46. The van der Waals surface area contributed by atoms with Crippen LogP contribution >= 0.6 is 0 Å². The van der Waals surface area contributed by atoms with Crippen LogP contribution in [0.25, 0.3) is 22.6 Å². The molecule has 1 heterocycles. The molecule has 2 nitrogen and oxygen atoms in total. The number of rotatable bonds is 2. The molecule has 0 saturated heterocycles. The van der Waals surface area contributed by atoms with Crippen LogP contribution in [0.4, 0.5) is 0 Å². The lowest BCUT2D eigenvalue weighted by molar-refractivity contribution is -0.130. The van der Waals surface area contributed by atoms with Crippen molar-refractivity contribution in [3.05, 3.63) is 95.1 Å². The second-order valence-corrected chi connectivity index (χ2v) is 5.97. The van der Waals surface area contributed by atoms with E-state index in [9.17, 15) is 4.79 Å². The summed E-state index contributed by atoms with van der Waals surface area (Å²) in [4.78, 5) is 12.2. The van der Waals surface area contributed by atoms with Crippen LogP contribution in [0.2, 0.25) is 0 Å². The third kappa shape index (κ3) is 2.74. The average Bonchev–Trinajstić information content (AvgIpc) is 2.97. The molecule has 0 saturated carbocycles. The summed E-state index contributed by atoms with van der Waals surface area (Å²) in [5.74, 6) is 0.294. The number of carbonyl (C=O) groups excluding carboxylic acids is 1. The number of ether oxygens (including phenoxy) is 1. The summed E-state index contributed by atoms with van der Waals surface area (Å²) in [6.45, 7) is 2.04. The average molecular weight is 312 g/mol. The minimum absolute atomic E-state index is 0.307. The van der Waals surface area contributed by atoms with E-state index in [1.807, 2.05) is 73.7 Å². The Morgan fingerprint density at radius 1 is 0.875 bits per heavy atom. The van der Waals surface area contributed by atoms with Gasteiger partial charge < -0.3 is 4.74 Å². The summed E-state index contributed by atoms with van der Waals surface area (Å²) in [6, 6.07) is 22.3. The first kappa shape index (κ1) is 14.5. The van der Waals surface area contributed by atoms with Gasteiger partial charge in [0.1, 0.15) is 5.76 Å². The molecule has 3 aromatic rings. The Bertz CT molecular complexity index is 992. The van der Waals surface area contributed by atoms with E-state index in [1.54, 1.807) is 0 Å². The maximum Gasteiger partial charge on any atom is 0.343 e. The number of hydrogen-bond acceptors (Lipinski definition) is 2. The maximum atomic E-state index is 12.2. The van der Waals surface area contributed by atoms with Crippen molar-refractivity contribution in [3.63, 3.8) is 0 Å². The van der Waals surface area contributed by atoms with Crippen LogP contribution in [0, 0.1) is 6.92 Å². The van der Waals surface area contributed by atoms with Crippen molar-refractivity contribution in [2.75, 3.05) is 0 Å². The first-order valence-electron chi connectivity index (χ1n) is 7.90.